The first kappa shape index (κ1) is 9.47. The summed E-state index contributed by atoms with van der Waals surface area (Å²) in [7, 11) is 0. The third-order valence-corrected chi connectivity index (χ3v) is 4.09. The highest BCUT2D eigenvalue weighted by molar-refractivity contribution is 4.97. The van der Waals surface area contributed by atoms with Crippen molar-refractivity contribution in [3.05, 3.63) is 0 Å². The van der Waals surface area contributed by atoms with Gasteiger partial charge in [0.25, 0.3) is 0 Å². The molecule has 1 aliphatic carbocycles. The minimum atomic E-state index is -0.379. The van der Waals surface area contributed by atoms with Gasteiger partial charge in [-0.1, -0.05) is 19.8 Å². The standard InChI is InChI=1S/C11H21NO/c1-2-10(4-3-5-10)8-11(13)6-7-12-9-11/h12-13H,2-9H2,1H3. The Bertz CT molecular complexity index is 175. The van der Waals surface area contributed by atoms with Gasteiger partial charge in [0.05, 0.1) is 5.60 Å². The number of aliphatic hydroxyl groups is 1. The normalized spacial score (nSPS) is 37.4. The predicted octanol–water partition coefficient (Wildman–Crippen LogP) is 1.68. The molecule has 2 aliphatic rings. The zero-order valence-corrected chi connectivity index (χ0v) is 8.60. The lowest BCUT2D eigenvalue weighted by Gasteiger charge is -2.45. The van der Waals surface area contributed by atoms with Gasteiger partial charge in [0.15, 0.2) is 0 Å². The molecule has 1 heterocycles. The summed E-state index contributed by atoms with van der Waals surface area (Å²) in [5.74, 6) is 0. The Balaban J connectivity index is 1.95. The molecular weight excluding hydrogens is 162 g/mol. The summed E-state index contributed by atoms with van der Waals surface area (Å²) < 4.78 is 0. The highest BCUT2D eigenvalue weighted by Gasteiger charge is 2.43. The van der Waals surface area contributed by atoms with Gasteiger partial charge in [0, 0.05) is 6.54 Å². The van der Waals surface area contributed by atoms with E-state index in [4.69, 9.17) is 0 Å². The van der Waals surface area contributed by atoms with Crippen LogP contribution in [-0.4, -0.2) is 23.8 Å². The van der Waals surface area contributed by atoms with Crippen LogP contribution in [0.2, 0.25) is 0 Å². The molecule has 1 saturated heterocycles. The van der Waals surface area contributed by atoms with E-state index >= 15 is 0 Å². The molecule has 2 rings (SSSR count). The van der Waals surface area contributed by atoms with Gasteiger partial charge in [0.2, 0.25) is 0 Å². The van der Waals surface area contributed by atoms with Crippen LogP contribution in [0.4, 0.5) is 0 Å². The SMILES string of the molecule is CCC1(CC2(O)CCNC2)CCC1. The highest BCUT2D eigenvalue weighted by Crippen LogP contribution is 2.50. The lowest BCUT2D eigenvalue weighted by Crippen LogP contribution is -2.42. The quantitative estimate of drug-likeness (QED) is 0.697. The van der Waals surface area contributed by atoms with E-state index in [2.05, 4.69) is 12.2 Å². The number of nitrogens with one attached hydrogen (secondary N) is 1. The second-order valence-corrected chi connectivity index (χ2v) is 5.04. The molecule has 2 nitrogen and oxygen atoms in total. The minimum absolute atomic E-state index is 0.379. The Morgan fingerprint density at radius 2 is 2.08 bits per heavy atom. The van der Waals surface area contributed by atoms with Crippen molar-refractivity contribution in [1.82, 2.24) is 5.32 Å². The van der Waals surface area contributed by atoms with Crippen molar-refractivity contribution < 1.29 is 5.11 Å². The monoisotopic (exact) mass is 183 g/mol. The van der Waals surface area contributed by atoms with E-state index in [-0.39, 0.29) is 5.60 Å². The summed E-state index contributed by atoms with van der Waals surface area (Å²) >= 11 is 0. The summed E-state index contributed by atoms with van der Waals surface area (Å²) in [6.45, 7) is 4.08. The van der Waals surface area contributed by atoms with Crippen molar-refractivity contribution in [3.8, 4) is 0 Å². The average molecular weight is 183 g/mol. The van der Waals surface area contributed by atoms with Crippen LogP contribution in [0.3, 0.4) is 0 Å². The van der Waals surface area contributed by atoms with Gasteiger partial charge < -0.3 is 10.4 Å². The largest absolute Gasteiger partial charge is 0.388 e. The van der Waals surface area contributed by atoms with E-state index in [1.54, 1.807) is 0 Å². The van der Waals surface area contributed by atoms with Crippen molar-refractivity contribution in [1.29, 1.82) is 0 Å². The third-order valence-electron chi connectivity index (χ3n) is 4.09. The maximum Gasteiger partial charge on any atom is 0.0788 e. The first-order chi connectivity index (χ1) is 6.18. The molecule has 0 spiro atoms. The molecule has 13 heavy (non-hydrogen) atoms. The first-order valence-corrected chi connectivity index (χ1v) is 5.61. The Kier molecular flexibility index (Phi) is 2.37. The molecule has 1 atom stereocenters. The number of β-amino-alcohol motifs (C(OH)–C–C–N with tert-alkyl or cyclic N) is 1. The molecule has 0 aromatic rings. The molecule has 0 amide bonds. The van der Waals surface area contributed by atoms with Crippen LogP contribution in [0.1, 0.15) is 45.4 Å². The lowest BCUT2D eigenvalue weighted by molar-refractivity contribution is -0.0273. The molecule has 2 fully saturated rings. The average Bonchev–Trinajstić information content (AvgIpc) is 2.45. The van der Waals surface area contributed by atoms with Crippen molar-refractivity contribution in [2.75, 3.05) is 13.1 Å². The molecule has 0 aromatic carbocycles. The summed E-state index contributed by atoms with van der Waals surface area (Å²) in [6.07, 6.45) is 7.28. The maximum absolute atomic E-state index is 10.3. The zero-order chi connectivity index (χ0) is 9.36. The van der Waals surface area contributed by atoms with Crippen LogP contribution >= 0.6 is 0 Å². The summed E-state index contributed by atoms with van der Waals surface area (Å²) in [4.78, 5) is 0. The van der Waals surface area contributed by atoms with Gasteiger partial charge >= 0.3 is 0 Å². The summed E-state index contributed by atoms with van der Waals surface area (Å²) in [5.41, 5.74) is 0.122. The molecule has 1 unspecified atom stereocenters. The van der Waals surface area contributed by atoms with Gasteiger partial charge in [-0.15, -0.1) is 0 Å². The fraction of sp³-hybridized carbons (Fsp3) is 1.00. The van der Waals surface area contributed by atoms with E-state index < -0.39 is 0 Å². The Morgan fingerprint density at radius 1 is 1.31 bits per heavy atom. The molecule has 0 bridgehead atoms. The van der Waals surface area contributed by atoms with Gasteiger partial charge in [-0.25, -0.2) is 0 Å². The molecule has 76 valence electrons. The Hall–Kier alpha value is -0.0800. The second-order valence-electron chi connectivity index (χ2n) is 5.04. The summed E-state index contributed by atoms with van der Waals surface area (Å²) in [5, 5.41) is 13.5. The fourth-order valence-electron chi connectivity index (χ4n) is 2.91. The Labute approximate surface area is 80.7 Å². The van der Waals surface area contributed by atoms with Crippen LogP contribution < -0.4 is 5.32 Å². The molecule has 1 saturated carbocycles. The topological polar surface area (TPSA) is 32.3 Å². The van der Waals surface area contributed by atoms with Crippen LogP contribution in [0.25, 0.3) is 0 Å². The molecule has 0 radical (unpaired) electrons. The van der Waals surface area contributed by atoms with E-state index in [9.17, 15) is 5.11 Å². The number of hydrogen-bond acceptors (Lipinski definition) is 2. The second kappa shape index (κ2) is 3.25. The third kappa shape index (κ3) is 1.75. The van der Waals surface area contributed by atoms with Crippen LogP contribution in [0.5, 0.6) is 0 Å². The van der Waals surface area contributed by atoms with E-state index in [0.29, 0.717) is 5.41 Å². The molecule has 0 aromatic heterocycles. The molecular formula is C11H21NO. The molecule has 2 N–H and O–H groups in total. The number of rotatable bonds is 3. The Morgan fingerprint density at radius 3 is 2.46 bits per heavy atom. The van der Waals surface area contributed by atoms with E-state index in [0.717, 1.165) is 25.9 Å². The number of hydrogen-bond donors (Lipinski definition) is 2. The van der Waals surface area contributed by atoms with Gasteiger partial charge in [0.1, 0.15) is 0 Å². The highest BCUT2D eigenvalue weighted by atomic mass is 16.3. The smallest absolute Gasteiger partial charge is 0.0788 e. The molecule has 2 heteroatoms. The van der Waals surface area contributed by atoms with Gasteiger partial charge in [-0.2, -0.15) is 0 Å². The van der Waals surface area contributed by atoms with E-state index in [1.165, 1.54) is 25.7 Å². The van der Waals surface area contributed by atoms with Crippen molar-refractivity contribution >= 4 is 0 Å². The lowest BCUT2D eigenvalue weighted by atomic mass is 9.62. The van der Waals surface area contributed by atoms with Crippen molar-refractivity contribution in [3.63, 3.8) is 0 Å². The minimum Gasteiger partial charge on any atom is -0.388 e. The molecule has 1 aliphatic heterocycles. The van der Waals surface area contributed by atoms with Crippen LogP contribution in [0.15, 0.2) is 0 Å². The van der Waals surface area contributed by atoms with Crippen LogP contribution in [0, 0.1) is 5.41 Å². The van der Waals surface area contributed by atoms with Gasteiger partial charge in [-0.05, 0) is 37.6 Å². The van der Waals surface area contributed by atoms with E-state index in [1.807, 2.05) is 0 Å². The van der Waals surface area contributed by atoms with Crippen molar-refractivity contribution in [2.24, 2.45) is 5.41 Å². The fourth-order valence-corrected chi connectivity index (χ4v) is 2.91. The van der Waals surface area contributed by atoms with Gasteiger partial charge in [-0.3, -0.25) is 0 Å². The zero-order valence-electron chi connectivity index (χ0n) is 8.60. The first-order valence-electron chi connectivity index (χ1n) is 5.61. The summed E-state index contributed by atoms with van der Waals surface area (Å²) in [6, 6.07) is 0. The van der Waals surface area contributed by atoms with Crippen molar-refractivity contribution in [2.45, 2.75) is 51.0 Å². The maximum atomic E-state index is 10.3. The van der Waals surface area contributed by atoms with Crippen LogP contribution in [-0.2, 0) is 0 Å². The predicted molar refractivity (Wildman–Crippen MR) is 53.6 cm³/mol.